The maximum atomic E-state index is 13.6. The van der Waals surface area contributed by atoms with E-state index in [2.05, 4.69) is 0 Å². The lowest BCUT2D eigenvalue weighted by molar-refractivity contribution is -0.132. The molecule has 12 nitrogen and oxygen atoms in total. The van der Waals surface area contributed by atoms with Crippen LogP contribution in [0.15, 0.2) is 127 Å². The van der Waals surface area contributed by atoms with Crippen LogP contribution in [0.4, 0.5) is 0 Å². The topological polar surface area (TPSA) is 158 Å². The fourth-order valence-corrected chi connectivity index (χ4v) is 5.96. The van der Waals surface area contributed by atoms with Gasteiger partial charge in [0, 0.05) is 20.8 Å². The van der Waals surface area contributed by atoms with E-state index in [1.54, 1.807) is 109 Å². The molecule has 0 heterocycles. The summed E-state index contributed by atoms with van der Waals surface area (Å²) in [7, 11) is 0. The normalized spacial score (nSPS) is 10.8. The van der Waals surface area contributed by atoms with Crippen molar-refractivity contribution in [1.82, 2.24) is 0 Å². The second-order valence-corrected chi connectivity index (χ2v) is 12.8. The molecule has 0 spiro atoms. The van der Waals surface area contributed by atoms with Crippen LogP contribution in [0.25, 0.3) is 32.3 Å². The molecule has 0 aliphatic heterocycles. The predicted octanol–water partition coefficient (Wildman–Crippen LogP) is 8.58. The van der Waals surface area contributed by atoms with Crippen molar-refractivity contribution in [3.05, 3.63) is 144 Å². The van der Waals surface area contributed by atoms with Crippen LogP contribution in [0.2, 0.25) is 0 Å². The standard InChI is InChI=1S/C45H30O12/c1-25(46)52-37-10-4-31-22-40(13-7-28(31)19-37)55-43(49)34-16-35(44(50)56-41-14-8-29-20-38(53-26(2)47)11-5-32(29)23-41)18-36(17-34)45(51)57-42-15-9-30-21-39(54-27(3)48)12-6-33(30)24-42/h4-24H,1-3H3. The molecule has 7 rings (SSSR count). The van der Waals surface area contributed by atoms with Crippen LogP contribution in [-0.4, -0.2) is 35.8 Å². The molecule has 0 aliphatic rings. The molecule has 0 radical (unpaired) electrons. The van der Waals surface area contributed by atoms with Gasteiger partial charge in [0.2, 0.25) is 0 Å². The van der Waals surface area contributed by atoms with Crippen molar-refractivity contribution in [2.24, 2.45) is 0 Å². The summed E-state index contributed by atoms with van der Waals surface area (Å²) in [5.41, 5.74) is -0.431. The van der Waals surface area contributed by atoms with Gasteiger partial charge in [0.05, 0.1) is 16.7 Å². The van der Waals surface area contributed by atoms with Gasteiger partial charge in [-0.1, -0.05) is 36.4 Å². The number of benzene rings is 7. The quantitative estimate of drug-likeness (QED) is 0.102. The molecular weight excluding hydrogens is 732 g/mol. The number of carbonyl (C=O) groups is 6. The van der Waals surface area contributed by atoms with E-state index in [0.29, 0.717) is 33.4 Å². The van der Waals surface area contributed by atoms with Gasteiger partial charge in [-0.2, -0.15) is 0 Å². The molecule has 0 saturated carbocycles. The minimum atomic E-state index is -0.877. The van der Waals surface area contributed by atoms with E-state index in [4.69, 9.17) is 28.4 Å². The van der Waals surface area contributed by atoms with Crippen LogP contribution >= 0.6 is 0 Å². The van der Waals surface area contributed by atoms with Crippen LogP contribution in [0.5, 0.6) is 34.5 Å². The Morgan fingerprint density at radius 3 is 0.667 bits per heavy atom. The molecule has 0 fully saturated rings. The van der Waals surface area contributed by atoms with Gasteiger partial charge < -0.3 is 28.4 Å². The Morgan fingerprint density at radius 1 is 0.281 bits per heavy atom. The van der Waals surface area contributed by atoms with E-state index in [-0.39, 0.29) is 33.9 Å². The number of esters is 6. The smallest absolute Gasteiger partial charge is 0.343 e. The number of hydrogen-bond acceptors (Lipinski definition) is 12. The highest BCUT2D eigenvalue weighted by Crippen LogP contribution is 2.29. The van der Waals surface area contributed by atoms with Crippen molar-refractivity contribution in [2.45, 2.75) is 20.8 Å². The first-order valence-corrected chi connectivity index (χ1v) is 17.3. The largest absolute Gasteiger partial charge is 0.427 e. The highest BCUT2D eigenvalue weighted by molar-refractivity contribution is 6.02. The summed E-state index contributed by atoms with van der Waals surface area (Å²) in [5.74, 6) is -2.42. The van der Waals surface area contributed by atoms with Gasteiger partial charge >= 0.3 is 35.8 Å². The van der Waals surface area contributed by atoms with Gasteiger partial charge in [-0.05, 0) is 123 Å². The van der Waals surface area contributed by atoms with Crippen molar-refractivity contribution >= 4 is 68.1 Å². The summed E-state index contributed by atoms with van der Waals surface area (Å²) < 4.78 is 32.5. The molecular formula is C45H30O12. The Morgan fingerprint density at radius 2 is 0.474 bits per heavy atom. The Balaban J connectivity index is 1.17. The molecule has 0 aliphatic carbocycles. The third-order valence-electron chi connectivity index (χ3n) is 8.41. The molecule has 7 aromatic carbocycles. The van der Waals surface area contributed by atoms with E-state index in [9.17, 15) is 28.8 Å². The Bertz CT molecular complexity index is 2490. The lowest BCUT2D eigenvalue weighted by atomic mass is 10.1. The molecule has 57 heavy (non-hydrogen) atoms. The number of fused-ring (bicyclic) bond motifs is 3. The van der Waals surface area contributed by atoms with Gasteiger partial charge in [0.1, 0.15) is 34.5 Å². The average molecular weight is 763 g/mol. The van der Waals surface area contributed by atoms with Crippen LogP contribution in [0.1, 0.15) is 51.8 Å². The third kappa shape index (κ3) is 9.10. The maximum Gasteiger partial charge on any atom is 0.343 e. The van der Waals surface area contributed by atoms with Gasteiger partial charge in [-0.25, -0.2) is 14.4 Å². The van der Waals surface area contributed by atoms with E-state index in [0.717, 1.165) is 16.2 Å². The second-order valence-electron chi connectivity index (χ2n) is 12.8. The summed E-state index contributed by atoms with van der Waals surface area (Å²) in [4.78, 5) is 75.0. The third-order valence-corrected chi connectivity index (χ3v) is 8.41. The van der Waals surface area contributed by atoms with Crippen molar-refractivity contribution < 1.29 is 57.2 Å². The molecule has 0 N–H and O–H groups in total. The molecule has 282 valence electrons. The Hall–Kier alpha value is -7.86. The zero-order valence-electron chi connectivity index (χ0n) is 30.5. The second kappa shape index (κ2) is 15.9. The summed E-state index contributed by atoms with van der Waals surface area (Å²) in [6, 6.07) is 33.2. The highest BCUT2D eigenvalue weighted by atomic mass is 16.6. The minimum Gasteiger partial charge on any atom is -0.427 e. The SMILES string of the molecule is CC(=O)Oc1ccc2cc(OC(=O)c3cc(C(=O)Oc4ccc5cc(OC(C)=O)ccc5c4)cc(C(=O)Oc4ccc5cc(OC(C)=O)ccc5c4)c3)ccc2c1. The van der Waals surface area contributed by atoms with Gasteiger partial charge in [0.25, 0.3) is 0 Å². The van der Waals surface area contributed by atoms with Crippen molar-refractivity contribution in [2.75, 3.05) is 0 Å². The lowest BCUT2D eigenvalue weighted by Gasteiger charge is -2.12. The van der Waals surface area contributed by atoms with E-state index < -0.39 is 35.8 Å². The first-order valence-electron chi connectivity index (χ1n) is 17.3. The van der Waals surface area contributed by atoms with E-state index in [1.807, 2.05) is 0 Å². The molecule has 12 heteroatoms. The Kier molecular flexibility index (Phi) is 10.4. The Labute approximate surface area is 324 Å². The fourth-order valence-electron chi connectivity index (χ4n) is 5.96. The molecule has 0 amide bonds. The lowest BCUT2D eigenvalue weighted by Crippen LogP contribution is -2.16. The summed E-state index contributed by atoms with van der Waals surface area (Å²) >= 11 is 0. The van der Waals surface area contributed by atoms with Crippen LogP contribution in [0.3, 0.4) is 0 Å². The zero-order valence-corrected chi connectivity index (χ0v) is 30.5. The molecule has 0 atom stereocenters. The van der Waals surface area contributed by atoms with Crippen molar-refractivity contribution in [3.8, 4) is 34.5 Å². The molecule has 0 unspecified atom stereocenters. The van der Waals surface area contributed by atoms with Crippen molar-refractivity contribution in [3.63, 3.8) is 0 Å². The first-order chi connectivity index (χ1) is 27.3. The first kappa shape index (κ1) is 37.5. The van der Waals surface area contributed by atoms with Crippen LogP contribution in [0, 0.1) is 0 Å². The summed E-state index contributed by atoms with van der Waals surface area (Å²) in [6.07, 6.45) is 0. The van der Waals surface area contributed by atoms with Crippen LogP contribution < -0.4 is 28.4 Å². The predicted molar refractivity (Wildman–Crippen MR) is 207 cm³/mol. The zero-order chi connectivity index (χ0) is 40.2. The molecule has 0 bridgehead atoms. The number of carbonyl (C=O) groups excluding carboxylic acids is 6. The van der Waals surface area contributed by atoms with E-state index >= 15 is 0 Å². The summed E-state index contributed by atoms with van der Waals surface area (Å²) in [5, 5.41) is 4.23. The number of rotatable bonds is 9. The van der Waals surface area contributed by atoms with Gasteiger partial charge in [0.15, 0.2) is 0 Å². The highest BCUT2D eigenvalue weighted by Gasteiger charge is 2.21. The molecule has 0 saturated heterocycles. The molecule has 7 aromatic rings. The van der Waals surface area contributed by atoms with Crippen molar-refractivity contribution in [1.29, 1.82) is 0 Å². The van der Waals surface area contributed by atoms with Gasteiger partial charge in [-0.15, -0.1) is 0 Å². The number of ether oxygens (including phenoxy) is 6. The maximum absolute atomic E-state index is 13.6. The van der Waals surface area contributed by atoms with Gasteiger partial charge in [-0.3, -0.25) is 14.4 Å². The average Bonchev–Trinajstić information content (AvgIpc) is 3.17. The molecule has 0 aromatic heterocycles. The van der Waals surface area contributed by atoms with Crippen LogP contribution in [-0.2, 0) is 14.4 Å². The monoisotopic (exact) mass is 762 g/mol. The fraction of sp³-hybridized carbons (Fsp3) is 0.0667. The minimum absolute atomic E-state index is 0.144. The summed E-state index contributed by atoms with van der Waals surface area (Å²) in [6.45, 7) is 3.90. The van der Waals surface area contributed by atoms with E-state index in [1.165, 1.54) is 39.0 Å². The number of hydrogen-bond donors (Lipinski definition) is 0.